The van der Waals surface area contributed by atoms with E-state index in [9.17, 15) is 0 Å². The van der Waals surface area contributed by atoms with E-state index in [1.807, 2.05) is 13.8 Å². The molecule has 0 atom stereocenters. The lowest BCUT2D eigenvalue weighted by molar-refractivity contribution is -0.147. The van der Waals surface area contributed by atoms with Crippen LogP contribution in [0.2, 0.25) is 0 Å². The number of hydrogen-bond donors (Lipinski definition) is 1. The smallest absolute Gasteiger partial charge is 0.170 e. The predicted molar refractivity (Wildman–Crippen MR) is 56.3 cm³/mol. The summed E-state index contributed by atoms with van der Waals surface area (Å²) in [5.41, 5.74) is 0. The van der Waals surface area contributed by atoms with Crippen LogP contribution < -0.4 is 5.32 Å². The Kier molecular flexibility index (Phi) is 6.10. The molecule has 0 aliphatic carbocycles. The van der Waals surface area contributed by atoms with E-state index >= 15 is 0 Å². The Bertz CT molecular complexity index is 132. The van der Waals surface area contributed by atoms with E-state index in [4.69, 9.17) is 9.47 Å². The minimum atomic E-state index is -0.0527. The molecule has 0 aromatic carbocycles. The molecule has 14 heavy (non-hydrogen) atoms. The zero-order chi connectivity index (χ0) is 10.2. The minimum Gasteiger partial charge on any atom is -0.352 e. The summed E-state index contributed by atoms with van der Waals surface area (Å²) in [6.45, 7) is 10.7. The number of rotatable bonds is 6. The Labute approximate surface area is 86.6 Å². The summed E-state index contributed by atoms with van der Waals surface area (Å²) >= 11 is 0. The number of ether oxygens (including phenoxy) is 2. The van der Waals surface area contributed by atoms with E-state index in [1.165, 1.54) is 0 Å². The molecule has 1 fully saturated rings. The third-order valence-corrected chi connectivity index (χ3v) is 2.32. The fourth-order valence-corrected chi connectivity index (χ4v) is 1.63. The highest BCUT2D eigenvalue weighted by atomic mass is 16.7. The fourth-order valence-electron chi connectivity index (χ4n) is 1.63. The summed E-state index contributed by atoms with van der Waals surface area (Å²) in [7, 11) is 0. The van der Waals surface area contributed by atoms with Crippen LogP contribution in [0.1, 0.15) is 13.8 Å². The third-order valence-electron chi connectivity index (χ3n) is 2.32. The fraction of sp³-hybridized carbons (Fsp3) is 1.00. The van der Waals surface area contributed by atoms with E-state index in [0.29, 0.717) is 0 Å². The van der Waals surface area contributed by atoms with Crippen molar-refractivity contribution in [2.24, 2.45) is 0 Å². The van der Waals surface area contributed by atoms with E-state index in [0.717, 1.165) is 45.9 Å². The first kappa shape index (κ1) is 11.9. The van der Waals surface area contributed by atoms with Crippen molar-refractivity contribution in [1.82, 2.24) is 10.2 Å². The largest absolute Gasteiger partial charge is 0.352 e. The second-order valence-corrected chi connectivity index (χ2v) is 3.39. The van der Waals surface area contributed by atoms with Crippen molar-refractivity contribution in [2.75, 3.05) is 45.9 Å². The van der Waals surface area contributed by atoms with Gasteiger partial charge < -0.3 is 14.8 Å². The third kappa shape index (κ3) is 4.37. The first-order chi connectivity index (χ1) is 6.86. The predicted octanol–water partition coefficient (Wildman–Crippen LogP) is 0.291. The van der Waals surface area contributed by atoms with Gasteiger partial charge in [-0.3, -0.25) is 4.90 Å². The van der Waals surface area contributed by atoms with Gasteiger partial charge in [-0.1, -0.05) is 0 Å². The van der Waals surface area contributed by atoms with Crippen molar-refractivity contribution in [3.8, 4) is 0 Å². The molecule has 0 bridgehead atoms. The van der Waals surface area contributed by atoms with Gasteiger partial charge in [0, 0.05) is 45.9 Å². The summed E-state index contributed by atoms with van der Waals surface area (Å²) in [6, 6.07) is 0. The van der Waals surface area contributed by atoms with Gasteiger partial charge in [-0.05, 0) is 13.8 Å². The van der Waals surface area contributed by atoms with Gasteiger partial charge in [-0.2, -0.15) is 0 Å². The average molecular weight is 202 g/mol. The molecule has 0 spiro atoms. The van der Waals surface area contributed by atoms with Crippen molar-refractivity contribution in [3.05, 3.63) is 0 Å². The number of nitrogens with one attached hydrogen (secondary N) is 1. The van der Waals surface area contributed by atoms with E-state index in [1.54, 1.807) is 0 Å². The topological polar surface area (TPSA) is 33.7 Å². The molecule has 1 saturated heterocycles. The quantitative estimate of drug-likeness (QED) is 0.628. The molecule has 0 amide bonds. The Morgan fingerprint density at radius 1 is 1.14 bits per heavy atom. The molecule has 1 N–H and O–H groups in total. The number of piperazine rings is 1. The highest BCUT2D eigenvalue weighted by Crippen LogP contribution is 2.01. The SMILES string of the molecule is CCOC(CN1CCNCC1)OCC. The second kappa shape index (κ2) is 7.17. The van der Waals surface area contributed by atoms with Crippen molar-refractivity contribution in [3.63, 3.8) is 0 Å². The summed E-state index contributed by atoms with van der Waals surface area (Å²) < 4.78 is 11.0. The lowest BCUT2D eigenvalue weighted by atomic mass is 10.3. The Hall–Kier alpha value is -0.160. The minimum absolute atomic E-state index is 0.0527. The zero-order valence-corrected chi connectivity index (χ0v) is 9.29. The van der Waals surface area contributed by atoms with Crippen LogP contribution in [0.5, 0.6) is 0 Å². The van der Waals surface area contributed by atoms with E-state index < -0.39 is 0 Å². The molecule has 0 aromatic heterocycles. The molecule has 84 valence electrons. The molecule has 0 saturated carbocycles. The van der Waals surface area contributed by atoms with Gasteiger partial charge >= 0.3 is 0 Å². The summed E-state index contributed by atoms with van der Waals surface area (Å²) in [5, 5.41) is 3.33. The van der Waals surface area contributed by atoms with Gasteiger partial charge in [-0.15, -0.1) is 0 Å². The summed E-state index contributed by atoms with van der Waals surface area (Å²) in [6.07, 6.45) is -0.0527. The molecule has 0 radical (unpaired) electrons. The maximum atomic E-state index is 5.50. The second-order valence-electron chi connectivity index (χ2n) is 3.39. The molecular formula is C10H22N2O2. The van der Waals surface area contributed by atoms with E-state index in [2.05, 4.69) is 10.2 Å². The van der Waals surface area contributed by atoms with Crippen molar-refractivity contribution in [2.45, 2.75) is 20.1 Å². The van der Waals surface area contributed by atoms with Crippen LogP contribution in [0.4, 0.5) is 0 Å². The lowest BCUT2D eigenvalue weighted by Gasteiger charge is -2.30. The molecule has 4 nitrogen and oxygen atoms in total. The Morgan fingerprint density at radius 2 is 1.71 bits per heavy atom. The average Bonchev–Trinajstić information content (AvgIpc) is 2.20. The van der Waals surface area contributed by atoms with Gasteiger partial charge in [-0.25, -0.2) is 0 Å². The maximum Gasteiger partial charge on any atom is 0.170 e. The van der Waals surface area contributed by atoms with Crippen LogP contribution in [0.15, 0.2) is 0 Å². The maximum absolute atomic E-state index is 5.50. The van der Waals surface area contributed by atoms with Gasteiger partial charge in [0.05, 0.1) is 0 Å². The van der Waals surface area contributed by atoms with Crippen LogP contribution in [0, 0.1) is 0 Å². The zero-order valence-electron chi connectivity index (χ0n) is 9.29. The Balaban J connectivity index is 2.21. The van der Waals surface area contributed by atoms with Crippen molar-refractivity contribution >= 4 is 0 Å². The number of nitrogens with zero attached hydrogens (tertiary/aromatic N) is 1. The van der Waals surface area contributed by atoms with Gasteiger partial charge in [0.2, 0.25) is 0 Å². The molecule has 1 heterocycles. The monoisotopic (exact) mass is 202 g/mol. The van der Waals surface area contributed by atoms with Crippen LogP contribution in [-0.4, -0.2) is 57.1 Å². The van der Waals surface area contributed by atoms with Gasteiger partial charge in [0.1, 0.15) is 0 Å². The Morgan fingerprint density at radius 3 is 2.21 bits per heavy atom. The molecule has 1 aliphatic heterocycles. The standard InChI is InChI=1S/C10H22N2O2/c1-3-13-10(14-4-2)9-12-7-5-11-6-8-12/h10-11H,3-9H2,1-2H3. The lowest BCUT2D eigenvalue weighted by Crippen LogP contribution is -2.47. The van der Waals surface area contributed by atoms with Crippen LogP contribution >= 0.6 is 0 Å². The van der Waals surface area contributed by atoms with Crippen molar-refractivity contribution in [1.29, 1.82) is 0 Å². The molecular weight excluding hydrogens is 180 g/mol. The van der Waals surface area contributed by atoms with Crippen LogP contribution in [0.3, 0.4) is 0 Å². The highest BCUT2D eigenvalue weighted by molar-refractivity contribution is 4.68. The van der Waals surface area contributed by atoms with Crippen LogP contribution in [-0.2, 0) is 9.47 Å². The molecule has 1 aliphatic rings. The highest BCUT2D eigenvalue weighted by Gasteiger charge is 2.15. The van der Waals surface area contributed by atoms with E-state index in [-0.39, 0.29) is 6.29 Å². The molecule has 4 heteroatoms. The molecule has 0 unspecified atom stereocenters. The van der Waals surface area contributed by atoms with Gasteiger partial charge in [0.25, 0.3) is 0 Å². The first-order valence-corrected chi connectivity index (χ1v) is 5.53. The molecule has 1 rings (SSSR count). The summed E-state index contributed by atoms with van der Waals surface area (Å²) in [4.78, 5) is 2.38. The van der Waals surface area contributed by atoms with Gasteiger partial charge in [0.15, 0.2) is 6.29 Å². The normalized spacial score (nSPS) is 19.1. The molecule has 0 aromatic rings. The summed E-state index contributed by atoms with van der Waals surface area (Å²) in [5.74, 6) is 0. The first-order valence-electron chi connectivity index (χ1n) is 5.53. The number of hydrogen-bond acceptors (Lipinski definition) is 4. The van der Waals surface area contributed by atoms with Crippen LogP contribution in [0.25, 0.3) is 0 Å². The van der Waals surface area contributed by atoms with Crippen molar-refractivity contribution < 1.29 is 9.47 Å².